The Hall–Kier alpha value is -3.03. The highest BCUT2D eigenvalue weighted by atomic mass is 35.5. The normalized spacial score (nSPS) is 10.7. The Morgan fingerprint density at radius 2 is 2.04 bits per heavy atom. The van der Waals surface area contributed by atoms with Gasteiger partial charge >= 0.3 is 0 Å². The third kappa shape index (κ3) is 5.23. The van der Waals surface area contributed by atoms with Gasteiger partial charge in [0.15, 0.2) is 0 Å². The molecule has 0 heterocycles. The molecule has 1 amide bonds. The molecule has 0 spiro atoms. The minimum Gasteiger partial charge on any atom is -0.488 e. The van der Waals surface area contributed by atoms with Crippen LogP contribution in [0.2, 0.25) is 5.02 Å². The van der Waals surface area contributed by atoms with Crippen molar-refractivity contribution in [3.8, 4) is 11.8 Å². The second kappa shape index (κ2) is 9.45. The minimum absolute atomic E-state index is 0.0135. The molecule has 4 nitrogen and oxygen atoms in total. The van der Waals surface area contributed by atoms with E-state index in [-0.39, 0.29) is 5.57 Å². The topological polar surface area (TPSA) is 62.1 Å². The summed E-state index contributed by atoms with van der Waals surface area (Å²) in [4.78, 5) is 12.3. The average molecular weight is 367 g/mol. The van der Waals surface area contributed by atoms with Crippen LogP contribution < -0.4 is 10.1 Å². The largest absolute Gasteiger partial charge is 0.488 e. The van der Waals surface area contributed by atoms with Gasteiger partial charge < -0.3 is 10.1 Å². The van der Waals surface area contributed by atoms with Crippen molar-refractivity contribution < 1.29 is 9.53 Å². The Bertz CT molecular complexity index is 865. The fourth-order valence-corrected chi connectivity index (χ4v) is 2.45. The number of hydrogen-bond donors (Lipinski definition) is 1. The molecule has 2 aromatic carbocycles. The molecule has 0 fully saturated rings. The van der Waals surface area contributed by atoms with Crippen molar-refractivity contribution in [2.75, 3.05) is 11.9 Å². The van der Waals surface area contributed by atoms with Crippen molar-refractivity contribution >= 4 is 29.3 Å². The lowest BCUT2D eigenvalue weighted by atomic mass is 10.1. The van der Waals surface area contributed by atoms with Gasteiger partial charge in [-0.1, -0.05) is 49.4 Å². The minimum atomic E-state index is -0.472. The maximum absolute atomic E-state index is 12.3. The number of benzene rings is 2. The molecule has 0 aliphatic rings. The molecule has 1 N–H and O–H groups in total. The fourth-order valence-electron chi connectivity index (χ4n) is 2.21. The lowest BCUT2D eigenvalue weighted by Gasteiger charge is -2.07. The van der Waals surface area contributed by atoms with Crippen molar-refractivity contribution in [2.45, 2.75) is 13.3 Å². The van der Waals surface area contributed by atoms with Crippen molar-refractivity contribution in [1.29, 1.82) is 5.26 Å². The van der Waals surface area contributed by atoms with E-state index in [1.807, 2.05) is 30.3 Å². The first-order valence-electron chi connectivity index (χ1n) is 8.12. The summed E-state index contributed by atoms with van der Waals surface area (Å²) in [6.45, 7) is 5.98. The Labute approximate surface area is 158 Å². The monoisotopic (exact) mass is 366 g/mol. The van der Waals surface area contributed by atoms with Gasteiger partial charge in [0.05, 0.1) is 5.02 Å². The van der Waals surface area contributed by atoms with E-state index in [9.17, 15) is 10.1 Å². The Balaban J connectivity index is 2.15. The summed E-state index contributed by atoms with van der Waals surface area (Å²) in [5, 5.41) is 12.4. The molecule has 0 radical (unpaired) electrons. The zero-order valence-electron chi connectivity index (χ0n) is 14.5. The lowest BCUT2D eigenvalue weighted by Crippen LogP contribution is -2.13. The summed E-state index contributed by atoms with van der Waals surface area (Å²) in [5.74, 6) is 0.0440. The Kier molecular flexibility index (Phi) is 7.02. The number of amides is 1. The van der Waals surface area contributed by atoms with Gasteiger partial charge in [0.1, 0.15) is 24.0 Å². The second-order valence-electron chi connectivity index (χ2n) is 5.46. The number of carbonyl (C=O) groups is 1. The third-order valence-corrected chi connectivity index (χ3v) is 3.90. The molecule has 0 bridgehead atoms. The van der Waals surface area contributed by atoms with E-state index in [0.29, 0.717) is 28.6 Å². The maximum Gasteiger partial charge on any atom is 0.266 e. The molecule has 0 aliphatic heterocycles. The summed E-state index contributed by atoms with van der Waals surface area (Å²) in [6, 6.07) is 14.5. The number of anilines is 1. The van der Waals surface area contributed by atoms with E-state index in [1.165, 1.54) is 11.6 Å². The third-order valence-electron chi connectivity index (χ3n) is 3.61. The number of ether oxygens (including phenoxy) is 1. The van der Waals surface area contributed by atoms with Crippen LogP contribution in [0.1, 0.15) is 18.1 Å². The highest BCUT2D eigenvalue weighted by Gasteiger charge is 2.10. The van der Waals surface area contributed by atoms with Gasteiger partial charge in [-0.25, -0.2) is 0 Å². The van der Waals surface area contributed by atoms with Crippen molar-refractivity contribution in [1.82, 2.24) is 0 Å². The van der Waals surface area contributed by atoms with E-state index in [4.69, 9.17) is 16.3 Å². The number of aryl methyl sites for hydroxylation is 1. The number of nitrogens with zero attached hydrogens (tertiary/aromatic N) is 1. The smallest absolute Gasteiger partial charge is 0.266 e. The quantitative estimate of drug-likeness (QED) is 0.425. The highest BCUT2D eigenvalue weighted by molar-refractivity contribution is 6.32. The number of halogens is 1. The predicted octanol–water partition coefficient (Wildman–Crippen LogP) is 5.01. The van der Waals surface area contributed by atoms with Crippen LogP contribution in [0.25, 0.3) is 6.08 Å². The van der Waals surface area contributed by atoms with Crippen molar-refractivity contribution in [3.63, 3.8) is 0 Å². The van der Waals surface area contributed by atoms with Crippen LogP contribution >= 0.6 is 11.6 Å². The van der Waals surface area contributed by atoms with Gasteiger partial charge in [-0.2, -0.15) is 5.26 Å². The first kappa shape index (κ1) is 19.3. The number of rotatable bonds is 7. The molecule has 132 valence electrons. The Morgan fingerprint density at radius 3 is 2.62 bits per heavy atom. The highest BCUT2D eigenvalue weighted by Crippen LogP contribution is 2.26. The fraction of sp³-hybridized carbons (Fsp3) is 0.143. The Morgan fingerprint density at radius 1 is 1.31 bits per heavy atom. The summed E-state index contributed by atoms with van der Waals surface area (Å²) >= 11 is 6.16. The van der Waals surface area contributed by atoms with Crippen LogP contribution in [-0.4, -0.2) is 12.5 Å². The molecule has 0 saturated heterocycles. The number of nitrogens with one attached hydrogen (secondary N) is 1. The molecular weight excluding hydrogens is 348 g/mol. The van der Waals surface area contributed by atoms with E-state index in [1.54, 1.807) is 24.3 Å². The number of hydrogen-bond acceptors (Lipinski definition) is 3. The predicted molar refractivity (Wildman–Crippen MR) is 105 cm³/mol. The average Bonchev–Trinajstić information content (AvgIpc) is 2.66. The first-order valence-corrected chi connectivity index (χ1v) is 8.50. The zero-order valence-corrected chi connectivity index (χ0v) is 15.2. The SMILES string of the molecule is C=CCOc1ccc(/C=C(\C#N)C(=O)Nc2ccc(CC)cc2)cc1Cl. The van der Waals surface area contributed by atoms with Crippen LogP contribution in [0.15, 0.2) is 60.7 Å². The van der Waals surface area contributed by atoms with Crippen LogP contribution in [-0.2, 0) is 11.2 Å². The molecule has 0 aromatic heterocycles. The van der Waals surface area contributed by atoms with Crippen LogP contribution in [0.4, 0.5) is 5.69 Å². The van der Waals surface area contributed by atoms with E-state index in [2.05, 4.69) is 18.8 Å². The van der Waals surface area contributed by atoms with Gasteiger partial charge in [-0.05, 0) is 47.9 Å². The van der Waals surface area contributed by atoms with Gasteiger partial charge in [-0.15, -0.1) is 0 Å². The van der Waals surface area contributed by atoms with Gasteiger partial charge in [0.25, 0.3) is 5.91 Å². The zero-order chi connectivity index (χ0) is 18.9. The molecule has 0 atom stereocenters. The summed E-state index contributed by atoms with van der Waals surface area (Å²) in [6.07, 6.45) is 4.03. The molecule has 2 aromatic rings. The van der Waals surface area contributed by atoms with E-state index >= 15 is 0 Å². The number of nitriles is 1. The standard InChI is InChI=1S/C21H19ClN2O2/c1-3-11-26-20-10-7-16(13-19(20)22)12-17(14-23)21(25)24-18-8-5-15(4-2)6-9-18/h3,5-10,12-13H,1,4,11H2,2H3,(H,24,25)/b17-12+. The van der Waals surface area contributed by atoms with Crippen LogP contribution in [0, 0.1) is 11.3 Å². The maximum atomic E-state index is 12.3. The van der Waals surface area contributed by atoms with Gasteiger partial charge in [0, 0.05) is 5.69 Å². The van der Waals surface area contributed by atoms with Crippen LogP contribution in [0.3, 0.4) is 0 Å². The second-order valence-corrected chi connectivity index (χ2v) is 5.87. The van der Waals surface area contributed by atoms with Crippen LogP contribution in [0.5, 0.6) is 5.75 Å². The molecule has 5 heteroatoms. The molecule has 0 aliphatic carbocycles. The lowest BCUT2D eigenvalue weighted by molar-refractivity contribution is -0.112. The van der Waals surface area contributed by atoms with E-state index < -0.39 is 5.91 Å². The van der Waals surface area contributed by atoms with Crippen molar-refractivity contribution in [2.24, 2.45) is 0 Å². The molecular formula is C21H19ClN2O2. The van der Waals surface area contributed by atoms with Gasteiger partial charge in [0.2, 0.25) is 0 Å². The molecule has 2 rings (SSSR count). The van der Waals surface area contributed by atoms with E-state index in [0.717, 1.165) is 6.42 Å². The summed E-state index contributed by atoms with van der Waals surface area (Å²) in [5.41, 5.74) is 2.43. The molecule has 0 saturated carbocycles. The molecule has 0 unspecified atom stereocenters. The molecule has 26 heavy (non-hydrogen) atoms. The number of carbonyl (C=O) groups excluding carboxylic acids is 1. The summed E-state index contributed by atoms with van der Waals surface area (Å²) in [7, 11) is 0. The van der Waals surface area contributed by atoms with Gasteiger partial charge in [-0.3, -0.25) is 4.79 Å². The van der Waals surface area contributed by atoms with Crippen molar-refractivity contribution in [3.05, 3.63) is 76.8 Å². The summed E-state index contributed by atoms with van der Waals surface area (Å²) < 4.78 is 5.40. The first-order chi connectivity index (χ1) is 12.6.